The van der Waals surface area contributed by atoms with Gasteiger partial charge in [-0.25, -0.2) is 0 Å². The molecular formula is C16H24O4S. The fourth-order valence-electron chi connectivity index (χ4n) is 1.88. The molecule has 0 spiro atoms. The highest BCUT2D eigenvalue weighted by Crippen LogP contribution is 2.25. The van der Waals surface area contributed by atoms with Gasteiger partial charge < -0.3 is 14.0 Å². The highest BCUT2D eigenvalue weighted by atomic mass is 32.2. The van der Waals surface area contributed by atoms with Gasteiger partial charge in [0, 0.05) is 16.9 Å². The zero-order valence-corrected chi connectivity index (χ0v) is 13.7. The van der Waals surface area contributed by atoms with Crippen molar-refractivity contribution in [3.8, 4) is 5.75 Å². The second-order valence-corrected chi connectivity index (χ2v) is 6.13. The first-order chi connectivity index (χ1) is 9.99. The van der Waals surface area contributed by atoms with E-state index in [0.29, 0.717) is 13.2 Å². The Bertz CT molecular complexity index is 428. The Hall–Kier alpha value is -1.20. The Morgan fingerprint density at radius 3 is 2.48 bits per heavy atom. The highest BCUT2D eigenvalue weighted by Gasteiger charge is 2.28. The van der Waals surface area contributed by atoms with Gasteiger partial charge >= 0.3 is 5.97 Å². The molecule has 0 aliphatic carbocycles. The van der Waals surface area contributed by atoms with E-state index in [4.69, 9.17) is 14.0 Å². The summed E-state index contributed by atoms with van der Waals surface area (Å²) in [5.41, 5.74) is -0.435. The van der Waals surface area contributed by atoms with Crippen molar-refractivity contribution in [1.82, 2.24) is 0 Å². The molecule has 1 rings (SSSR count). The Morgan fingerprint density at radius 2 is 1.90 bits per heavy atom. The topological polar surface area (TPSA) is 55.8 Å². The molecule has 118 valence electrons. The molecule has 1 aromatic rings. The van der Waals surface area contributed by atoms with E-state index in [0.717, 1.165) is 42.0 Å². The second-order valence-electron chi connectivity index (χ2n) is 5.47. The van der Waals surface area contributed by atoms with Crippen LogP contribution >= 0.6 is 12.0 Å². The van der Waals surface area contributed by atoms with Gasteiger partial charge in [-0.2, -0.15) is 0 Å². The van der Waals surface area contributed by atoms with Gasteiger partial charge in [-0.05, 0) is 64.3 Å². The zero-order valence-electron chi connectivity index (χ0n) is 12.9. The minimum absolute atomic E-state index is 0.136. The molecule has 0 saturated heterocycles. The molecule has 0 bridgehead atoms. The molecule has 0 fully saturated rings. The smallest absolute Gasteiger partial charge is 0.311 e. The third-order valence-corrected chi connectivity index (χ3v) is 3.70. The van der Waals surface area contributed by atoms with E-state index in [1.165, 1.54) is 0 Å². The first-order valence-corrected chi connectivity index (χ1v) is 7.98. The van der Waals surface area contributed by atoms with Crippen LogP contribution in [0.3, 0.4) is 0 Å². The Labute approximate surface area is 131 Å². The molecule has 4 nitrogen and oxygen atoms in total. The van der Waals surface area contributed by atoms with Crippen LogP contribution < -0.4 is 4.74 Å². The molecule has 0 aromatic heterocycles. The Balaban J connectivity index is 2.23. The van der Waals surface area contributed by atoms with E-state index in [1.54, 1.807) is 0 Å². The largest absolute Gasteiger partial charge is 0.494 e. The molecule has 1 aromatic carbocycles. The summed E-state index contributed by atoms with van der Waals surface area (Å²) in [6.45, 7) is 6.69. The van der Waals surface area contributed by atoms with Crippen molar-refractivity contribution in [2.45, 2.75) is 44.9 Å². The molecule has 0 saturated carbocycles. The van der Waals surface area contributed by atoms with Crippen LogP contribution in [0.5, 0.6) is 5.75 Å². The van der Waals surface area contributed by atoms with E-state index in [2.05, 4.69) is 0 Å². The summed E-state index contributed by atoms with van der Waals surface area (Å²) < 4.78 is 19.6. The quantitative estimate of drug-likeness (QED) is 0.416. The number of carbonyl (C=O) groups excluding carboxylic acids is 1. The van der Waals surface area contributed by atoms with Crippen molar-refractivity contribution in [3.63, 3.8) is 0 Å². The molecule has 0 atom stereocenters. The van der Waals surface area contributed by atoms with E-state index in [9.17, 15) is 4.79 Å². The number of hydrogen-bond donors (Lipinski definition) is 1. The van der Waals surface area contributed by atoms with Gasteiger partial charge in [-0.3, -0.25) is 4.79 Å². The molecule has 21 heavy (non-hydrogen) atoms. The summed E-state index contributed by atoms with van der Waals surface area (Å²) in [6, 6.07) is 7.29. The van der Waals surface area contributed by atoms with Gasteiger partial charge in [0.2, 0.25) is 0 Å². The minimum Gasteiger partial charge on any atom is -0.494 e. The highest BCUT2D eigenvalue weighted by molar-refractivity contribution is 7.93. The SMILES string of the molecule is CCOC(=O)C(C)(C)CCCCOc1ccc(SO)cc1. The predicted octanol–water partition coefficient (Wildman–Crippen LogP) is 4.39. The first kappa shape index (κ1) is 17.9. The van der Waals surface area contributed by atoms with Crippen LogP contribution in [0, 0.1) is 5.41 Å². The van der Waals surface area contributed by atoms with E-state index >= 15 is 0 Å². The number of ether oxygens (including phenoxy) is 2. The number of unbranched alkanes of at least 4 members (excludes halogenated alkanes) is 1. The monoisotopic (exact) mass is 312 g/mol. The normalized spacial score (nSPS) is 11.2. The molecular weight excluding hydrogens is 288 g/mol. The number of rotatable bonds is 9. The van der Waals surface area contributed by atoms with Crippen LogP contribution in [0.25, 0.3) is 0 Å². The van der Waals surface area contributed by atoms with E-state index in [1.807, 2.05) is 45.0 Å². The molecule has 0 radical (unpaired) electrons. The molecule has 0 heterocycles. The minimum atomic E-state index is -0.435. The number of hydrogen-bond acceptors (Lipinski definition) is 5. The number of esters is 1. The van der Waals surface area contributed by atoms with Crippen molar-refractivity contribution in [1.29, 1.82) is 0 Å². The molecule has 5 heteroatoms. The van der Waals surface area contributed by atoms with Crippen LogP contribution in [-0.2, 0) is 9.53 Å². The lowest BCUT2D eigenvalue weighted by Gasteiger charge is -2.21. The van der Waals surface area contributed by atoms with Crippen molar-refractivity contribution in [2.75, 3.05) is 13.2 Å². The lowest BCUT2D eigenvalue weighted by Crippen LogP contribution is -2.26. The molecule has 0 amide bonds. The third-order valence-electron chi connectivity index (χ3n) is 3.22. The average Bonchev–Trinajstić information content (AvgIpc) is 2.47. The predicted molar refractivity (Wildman–Crippen MR) is 84.7 cm³/mol. The molecule has 1 N–H and O–H groups in total. The third kappa shape index (κ3) is 6.40. The maximum Gasteiger partial charge on any atom is 0.311 e. The van der Waals surface area contributed by atoms with Gasteiger partial charge in [0.05, 0.1) is 18.6 Å². The van der Waals surface area contributed by atoms with E-state index < -0.39 is 5.41 Å². The zero-order chi connectivity index (χ0) is 15.7. The molecule has 0 unspecified atom stereocenters. The van der Waals surface area contributed by atoms with Gasteiger partial charge in [-0.1, -0.05) is 0 Å². The van der Waals surface area contributed by atoms with Crippen molar-refractivity contribution in [3.05, 3.63) is 24.3 Å². The molecule has 0 aliphatic rings. The van der Waals surface area contributed by atoms with Crippen LogP contribution in [0.1, 0.15) is 40.0 Å². The Kier molecular flexibility index (Phi) is 7.61. The van der Waals surface area contributed by atoms with Crippen molar-refractivity contribution < 1.29 is 18.8 Å². The van der Waals surface area contributed by atoms with Gasteiger partial charge in [0.1, 0.15) is 5.75 Å². The van der Waals surface area contributed by atoms with Gasteiger partial charge in [0.25, 0.3) is 0 Å². The standard InChI is InChI=1S/C16H24O4S/c1-4-19-15(17)16(2,3)11-5-6-12-20-13-7-9-14(21-18)10-8-13/h7-10,18H,4-6,11-12H2,1-3H3. The first-order valence-electron chi connectivity index (χ1n) is 7.21. The number of benzene rings is 1. The molecule has 0 aliphatic heterocycles. The van der Waals surface area contributed by atoms with Gasteiger partial charge in [-0.15, -0.1) is 0 Å². The van der Waals surface area contributed by atoms with E-state index in [-0.39, 0.29) is 5.97 Å². The second kappa shape index (κ2) is 8.95. The average molecular weight is 312 g/mol. The van der Waals surface area contributed by atoms with Crippen LogP contribution in [0.2, 0.25) is 0 Å². The Morgan fingerprint density at radius 1 is 1.24 bits per heavy atom. The summed E-state index contributed by atoms with van der Waals surface area (Å²) in [5.74, 6) is 0.653. The van der Waals surface area contributed by atoms with Crippen LogP contribution in [0.4, 0.5) is 0 Å². The number of carbonyl (C=O) groups is 1. The fraction of sp³-hybridized carbons (Fsp3) is 0.562. The fourth-order valence-corrected chi connectivity index (χ4v) is 2.14. The maximum absolute atomic E-state index is 11.7. The summed E-state index contributed by atoms with van der Waals surface area (Å²) >= 11 is 0.719. The summed E-state index contributed by atoms with van der Waals surface area (Å²) in [6.07, 6.45) is 2.59. The van der Waals surface area contributed by atoms with Crippen molar-refractivity contribution >= 4 is 18.0 Å². The summed E-state index contributed by atoms with van der Waals surface area (Å²) in [7, 11) is 0. The van der Waals surface area contributed by atoms with Crippen LogP contribution in [-0.4, -0.2) is 23.7 Å². The summed E-state index contributed by atoms with van der Waals surface area (Å²) in [4.78, 5) is 12.5. The summed E-state index contributed by atoms with van der Waals surface area (Å²) in [5, 5.41) is 0. The van der Waals surface area contributed by atoms with Crippen molar-refractivity contribution in [2.24, 2.45) is 5.41 Å². The lowest BCUT2D eigenvalue weighted by molar-refractivity contribution is -0.153. The maximum atomic E-state index is 11.7. The van der Waals surface area contributed by atoms with Crippen LogP contribution in [0.15, 0.2) is 29.2 Å². The van der Waals surface area contributed by atoms with Gasteiger partial charge in [0.15, 0.2) is 0 Å². The lowest BCUT2D eigenvalue weighted by atomic mass is 9.87.